The van der Waals surface area contributed by atoms with Crippen molar-refractivity contribution >= 4 is 28.2 Å². The van der Waals surface area contributed by atoms with Crippen LogP contribution in [-0.2, 0) is 11.3 Å². The standard InChI is InChI=1S/C21H21N3O/c1-4-21(25)24(19-13-11-18(12-14-19)23(2)3)15-17-10-9-16-7-5-6-8-20(16)22-17/h4-14H,1,15H2,2-3H3. The van der Waals surface area contributed by atoms with Crippen molar-refractivity contribution in [3.8, 4) is 0 Å². The van der Waals surface area contributed by atoms with Gasteiger partial charge in [-0.3, -0.25) is 9.78 Å². The zero-order valence-corrected chi connectivity index (χ0v) is 14.5. The second-order valence-electron chi connectivity index (χ2n) is 6.03. The largest absolute Gasteiger partial charge is 0.378 e. The average molecular weight is 331 g/mol. The average Bonchev–Trinajstić information content (AvgIpc) is 2.65. The number of benzene rings is 2. The van der Waals surface area contributed by atoms with E-state index in [1.807, 2.05) is 79.7 Å². The summed E-state index contributed by atoms with van der Waals surface area (Å²) in [5.74, 6) is -0.146. The summed E-state index contributed by atoms with van der Waals surface area (Å²) in [7, 11) is 3.97. The minimum Gasteiger partial charge on any atom is -0.378 e. The van der Waals surface area contributed by atoms with Crippen molar-refractivity contribution in [3.63, 3.8) is 0 Å². The molecular formula is C21H21N3O. The van der Waals surface area contributed by atoms with Crippen molar-refractivity contribution in [2.75, 3.05) is 23.9 Å². The van der Waals surface area contributed by atoms with Gasteiger partial charge in [0.25, 0.3) is 5.91 Å². The molecule has 4 heteroatoms. The Morgan fingerprint density at radius 3 is 2.36 bits per heavy atom. The Kier molecular flexibility index (Phi) is 4.80. The fourth-order valence-electron chi connectivity index (χ4n) is 2.70. The molecule has 0 bridgehead atoms. The summed E-state index contributed by atoms with van der Waals surface area (Å²) in [4.78, 5) is 20.7. The van der Waals surface area contributed by atoms with Gasteiger partial charge < -0.3 is 9.80 Å². The molecule has 1 amide bonds. The van der Waals surface area contributed by atoms with Gasteiger partial charge in [0, 0.05) is 30.9 Å². The summed E-state index contributed by atoms with van der Waals surface area (Å²) < 4.78 is 0. The van der Waals surface area contributed by atoms with E-state index in [-0.39, 0.29) is 5.91 Å². The number of amides is 1. The summed E-state index contributed by atoms with van der Waals surface area (Å²) in [5.41, 5.74) is 3.67. The number of pyridine rings is 1. The lowest BCUT2D eigenvalue weighted by atomic mass is 10.2. The molecule has 0 unspecified atom stereocenters. The quantitative estimate of drug-likeness (QED) is 0.663. The van der Waals surface area contributed by atoms with Gasteiger partial charge >= 0.3 is 0 Å². The molecule has 4 nitrogen and oxygen atoms in total. The molecular weight excluding hydrogens is 310 g/mol. The van der Waals surface area contributed by atoms with Gasteiger partial charge in [0.05, 0.1) is 17.8 Å². The van der Waals surface area contributed by atoms with Crippen LogP contribution in [0.5, 0.6) is 0 Å². The lowest BCUT2D eigenvalue weighted by Crippen LogP contribution is -2.29. The zero-order chi connectivity index (χ0) is 17.8. The third kappa shape index (κ3) is 3.69. The van der Waals surface area contributed by atoms with E-state index in [1.54, 1.807) is 4.90 Å². The van der Waals surface area contributed by atoms with Crippen molar-refractivity contribution in [2.24, 2.45) is 0 Å². The maximum Gasteiger partial charge on any atom is 0.250 e. The van der Waals surface area contributed by atoms with Crippen molar-refractivity contribution < 1.29 is 4.79 Å². The van der Waals surface area contributed by atoms with Crippen LogP contribution < -0.4 is 9.80 Å². The molecule has 3 aromatic rings. The fourth-order valence-corrected chi connectivity index (χ4v) is 2.70. The van der Waals surface area contributed by atoms with Crippen LogP contribution in [0.3, 0.4) is 0 Å². The lowest BCUT2D eigenvalue weighted by Gasteiger charge is -2.22. The number of rotatable bonds is 5. The molecule has 0 saturated carbocycles. The summed E-state index contributed by atoms with van der Waals surface area (Å²) in [6.07, 6.45) is 1.33. The Morgan fingerprint density at radius 2 is 1.68 bits per heavy atom. The number of para-hydroxylation sites is 1. The van der Waals surface area contributed by atoms with Gasteiger partial charge in [0.2, 0.25) is 0 Å². The maximum atomic E-state index is 12.4. The zero-order valence-electron chi connectivity index (χ0n) is 14.5. The predicted molar refractivity (Wildman–Crippen MR) is 104 cm³/mol. The van der Waals surface area contributed by atoms with Gasteiger partial charge in [0.1, 0.15) is 0 Å². The third-order valence-electron chi connectivity index (χ3n) is 4.09. The number of hydrogen-bond acceptors (Lipinski definition) is 3. The van der Waals surface area contributed by atoms with Gasteiger partial charge in [0.15, 0.2) is 0 Å². The lowest BCUT2D eigenvalue weighted by molar-refractivity contribution is -0.114. The first-order valence-electron chi connectivity index (χ1n) is 8.14. The van der Waals surface area contributed by atoms with E-state index in [4.69, 9.17) is 0 Å². The Morgan fingerprint density at radius 1 is 1.00 bits per heavy atom. The van der Waals surface area contributed by atoms with E-state index in [2.05, 4.69) is 11.6 Å². The fraction of sp³-hybridized carbons (Fsp3) is 0.143. The second-order valence-corrected chi connectivity index (χ2v) is 6.03. The van der Waals surface area contributed by atoms with Crippen LogP contribution in [0.1, 0.15) is 5.69 Å². The van der Waals surface area contributed by atoms with Crippen LogP contribution in [0, 0.1) is 0 Å². The predicted octanol–water partition coefficient (Wildman–Crippen LogP) is 4.02. The van der Waals surface area contributed by atoms with Crippen molar-refractivity contribution in [2.45, 2.75) is 6.54 Å². The van der Waals surface area contributed by atoms with Crippen molar-refractivity contribution in [1.82, 2.24) is 4.98 Å². The molecule has 0 radical (unpaired) electrons. The van der Waals surface area contributed by atoms with Gasteiger partial charge in [-0.2, -0.15) is 0 Å². The molecule has 126 valence electrons. The highest BCUT2D eigenvalue weighted by molar-refractivity contribution is 6.01. The first-order valence-corrected chi connectivity index (χ1v) is 8.14. The number of fused-ring (bicyclic) bond motifs is 1. The molecule has 0 aliphatic heterocycles. The minimum absolute atomic E-state index is 0.146. The Bertz CT molecular complexity index is 900. The normalized spacial score (nSPS) is 10.5. The van der Waals surface area contributed by atoms with Gasteiger partial charge in [-0.15, -0.1) is 0 Å². The highest BCUT2D eigenvalue weighted by Gasteiger charge is 2.14. The van der Waals surface area contributed by atoms with Crippen molar-refractivity contribution in [1.29, 1.82) is 0 Å². The molecule has 0 aliphatic rings. The molecule has 0 spiro atoms. The second kappa shape index (κ2) is 7.18. The molecule has 2 aromatic carbocycles. The third-order valence-corrected chi connectivity index (χ3v) is 4.09. The minimum atomic E-state index is -0.146. The number of hydrogen-bond donors (Lipinski definition) is 0. The molecule has 1 aromatic heterocycles. The van der Waals surface area contributed by atoms with E-state index < -0.39 is 0 Å². The first kappa shape index (κ1) is 16.7. The monoisotopic (exact) mass is 331 g/mol. The highest BCUT2D eigenvalue weighted by atomic mass is 16.2. The highest BCUT2D eigenvalue weighted by Crippen LogP contribution is 2.22. The molecule has 0 fully saturated rings. The van der Waals surface area contributed by atoms with Crippen LogP contribution in [-0.4, -0.2) is 25.0 Å². The van der Waals surface area contributed by atoms with Crippen molar-refractivity contribution in [3.05, 3.63) is 79.0 Å². The maximum absolute atomic E-state index is 12.4. The topological polar surface area (TPSA) is 36.4 Å². The molecule has 3 rings (SSSR count). The number of nitrogens with zero attached hydrogens (tertiary/aromatic N) is 3. The number of carbonyl (C=O) groups is 1. The summed E-state index contributed by atoms with van der Waals surface area (Å²) in [6, 6.07) is 19.8. The molecule has 0 aliphatic carbocycles. The van der Waals surface area contributed by atoms with Gasteiger partial charge in [-0.1, -0.05) is 30.8 Å². The van der Waals surface area contributed by atoms with E-state index in [0.717, 1.165) is 28.0 Å². The van der Waals surface area contributed by atoms with Gasteiger partial charge in [-0.05, 0) is 42.5 Å². The number of anilines is 2. The molecule has 0 saturated heterocycles. The summed E-state index contributed by atoms with van der Waals surface area (Å²) >= 11 is 0. The van der Waals surface area contributed by atoms with Crippen LogP contribution >= 0.6 is 0 Å². The van der Waals surface area contributed by atoms with Crippen LogP contribution in [0.2, 0.25) is 0 Å². The SMILES string of the molecule is C=CC(=O)N(Cc1ccc2ccccc2n1)c1ccc(N(C)C)cc1. The van der Waals surface area contributed by atoms with E-state index in [0.29, 0.717) is 6.54 Å². The van der Waals surface area contributed by atoms with E-state index >= 15 is 0 Å². The van der Waals surface area contributed by atoms with E-state index in [9.17, 15) is 4.79 Å². The van der Waals surface area contributed by atoms with Crippen LogP contribution in [0.4, 0.5) is 11.4 Å². The summed E-state index contributed by atoms with van der Waals surface area (Å²) in [5, 5.41) is 1.09. The number of carbonyl (C=O) groups excluding carboxylic acids is 1. The Hall–Kier alpha value is -3.14. The molecule has 25 heavy (non-hydrogen) atoms. The molecule has 0 N–H and O–H groups in total. The Balaban J connectivity index is 1.92. The van der Waals surface area contributed by atoms with Gasteiger partial charge in [-0.25, -0.2) is 0 Å². The number of aromatic nitrogens is 1. The first-order chi connectivity index (χ1) is 12.1. The molecule has 1 heterocycles. The smallest absolute Gasteiger partial charge is 0.250 e. The molecule has 0 atom stereocenters. The summed E-state index contributed by atoms with van der Waals surface area (Å²) in [6.45, 7) is 4.02. The Labute approximate surface area is 148 Å². The van der Waals surface area contributed by atoms with E-state index in [1.165, 1.54) is 6.08 Å². The van der Waals surface area contributed by atoms with Crippen LogP contribution in [0.25, 0.3) is 10.9 Å². The van der Waals surface area contributed by atoms with Crippen LogP contribution in [0.15, 0.2) is 73.3 Å².